The third-order valence-corrected chi connectivity index (χ3v) is 10.2. The maximum absolute atomic E-state index is 13.9. The highest BCUT2D eigenvalue weighted by molar-refractivity contribution is 5.80. The fraction of sp³-hybridized carbons (Fsp3) is 0.903. The van der Waals surface area contributed by atoms with E-state index in [1.54, 1.807) is 20.8 Å². The topological polar surface area (TPSA) is 89.9 Å². The average molecular weight is 521 g/mol. The predicted molar refractivity (Wildman–Crippen MR) is 144 cm³/mol. The molecule has 4 saturated carbocycles. The molecule has 2 unspecified atom stereocenters. The van der Waals surface area contributed by atoms with Crippen LogP contribution in [0.4, 0.5) is 0 Å². The van der Waals surface area contributed by atoms with E-state index in [1.807, 2.05) is 34.6 Å². The van der Waals surface area contributed by atoms with E-state index in [1.165, 1.54) is 32.1 Å². The molecular weight excluding hydrogens is 468 g/mol. The summed E-state index contributed by atoms with van der Waals surface area (Å²) in [5.41, 5.74) is -3.96. The molecule has 6 nitrogen and oxygen atoms in total. The second-order valence-corrected chi connectivity index (χ2v) is 14.8. The molecule has 4 fully saturated rings. The third kappa shape index (κ3) is 6.03. The molecule has 6 heteroatoms. The molecule has 212 valence electrons. The van der Waals surface area contributed by atoms with Gasteiger partial charge < -0.3 is 14.6 Å². The largest absolute Gasteiger partial charge is 0.481 e. The fourth-order valence-electron chi connectivity index (χ4n) is 7.78. The van der Waals surface area contributed by atoms with Gasteiger partial charge in [0, 0.05) is 0 Å². The van der Waals surface area contributed by atoms with Crippen molar-refractivity contribution in [1.29, 1.82) is 0 Å². The number of carbonyl (C=O) groups is 3. The molecule has 37 heavy (non-hydrogen) atoms. The fourth-order valence-corrected chi connectivity index (χ4v) is 7.78. The molecule has 0 spiro atoms. The summed E-state index contributed by atoms with van der Waals surface area (Å²) >= 11 is 0. The Bertz CT molecular complexity index is 855. The van der Waals surface area contributed by atoms with E-state index >= 15 is 0 Å². The van der Waals surface area contributed by atoms with E-state index in [-0.39, 0.29) is 18.0 Å². The summed E-state index contributed by atoms with van der Waals surface area (Å²) in [6, 6.07) is 0. The molecule has 0 aliphatic heterocycles. The van der Waals surface area contributed by atoms with Crippen LogP contribution in [0.5, 0.6) is 0 Å². The second-order valence-electron chi connectivity index (χ2n) is 14.8. The van der Waals surface area contributed by atoms with Gasteiger partial charge in [-0.1, -0.05) is 13.8 Å². The smallest absolute Gasteiger partial charge is 0.312 e. The molecule has 0 saturated heterocycles. The number of hydrogen-bond acceptors (Lipinski definition) is 5. The van der Waals surface area contributed by atoms with Crippen molar-refractivity contribution >= 4 is 17.9 Å². The first kappa shape index (κ1) is 30.0. The van der Waals surface area contributed by atoms with Gasteiger partial charge in [-0.25, -0.2) is 0 Å². The van der Waals surface area contributed by atoms with Crippen molar-refractivity contribution in [1.82, 2.24) is 0 Å². The van der Waals surface area contributed by atoms with Gasteiger partial charge in [-0.2, -0.15) is 0 Å². The van der Waals surface area contributed by atoms with Crippen LogP contribution in [0.2, 0.25) is 0 Å². The summed E-state index contributed by atoms with van der Waals surface area (Å²) in [5, 5.41) is 9.79. The predicted octanol–water partition coefficient (Wildman–Crippen LogP) is 7.18. The molecule has 1 N–H and O–H groups in total. The Balaban J connectivity index is 1.80. The zero-order valence-corrected chi connectivity index (χ0v) is 24.9. The first-order valence-corrected chi connectivity index (χ1v) is 14.6. The molecule has 0 heterocycles. The van der Waals surface area contributed by atoms with Crippen molar-refractivity contribution in [2.75, 3.05) is 0 Å². The van der Waals surface area contributed by atoms with Gasteiger partial charge in [0.25, 0.3) is 0 Å². The number of ether oxygens (including phenoxy) is 2. The molecule has 2 atom stereocenters. The normalized spacial score (nSPS) is 32.4. The van der Waals surface area contributed by atoms with E-state index in [0.29, 0.717) is 31.1 Å². The molecule has 4 rings (SSSR count). The van der Waals surface area contributed by atoms with Crippen molar-refractivity contribution < 1.29 is 29.0 Å². The molecule has 0 aromatic carbocycles. The zero-order chi connectivity index (χ0) is 28.0. The minimum absolute atomic E-state index is 0.130. The van der Waals surface area contributed by atoms with Crippen LogP contribution in [0.1, 0.15) is 127 Å². The number of carboxylic acid groups (broad SMARTS) is 1. The highest BCUT2D eigenvalue weighted by atomic mass is 16.6. The molecule has 4 aliphatic rings. The van der Waals surface area contributed by atoms with Crippen LogP contribution in [0.3, 0.4) is 0 Å². The molecule has 0 aromatic heterocycles. The van der Waals surface area contributed by atoms with Gasteiger partial charge >= 0.3 is 17.9 Å². The Morgan fingerprint density at radius 2 is 1.27 bits per heavy atom. The first-order valence-electron chi connectivity index (χ1n) is 14.6. The van der Waals surface area contributed by atoms with Gasteiger partial charge in [0.05, 0.1) is 16.2 Å². The molecule has 4 aliphatic carbocycles. The Morgan fingerprint density at radius 1 is 0.784 bits per heavy atom. The summed E-state index contributed by atoms with van der Waals surface area (Å²) < 4.78 is 12.4. The van der Waals surface area contributed by atoms with Crippen molar-refractivity contribution in [3.8, 4) is 0 Å². The highest BCUT2D eigenvalue weighted by Gasteiger charge is 2.59. The number of hydrogen-bond donors (Lipinski definition) is 1. The van der Waals surface area contributed by atoms with Gasteiger partial charge in [0.15, 0.2) is 0 Å². The minimum atomic E-state index is -1.11. The van der Waals surface area contributed by atoms with Crippen molar-refractivity contribution in [3.63, 3.8) is 0 Å². The lowest BCUT2D eigenvalue weighted by Crippen LogP contribution is -2.60. The van der Waals surface area contributed by atoms with Gasteiger partial charge in [0.2, 0.25) is 0 Å². The van der Waals surface area contributed by atoms with Crippen LogP contribution in [0, 0.1) is 39.9 Å². The summed E-state index contributed by atoms with van der Waals surface area (Å²) in [5.74, 6) is 0.993. The van der Waals surface area contributed by atoms with E-state index in [2.05, 4.69) is 6.92 Å². The number of carboxylic acids is 1. The van der Waals surface area contributed by atoms with E-state index in [0.717, 1.165) is 18.3 Å². The Morgan fingerprint density at radius 3 is 1.68 bits per heavy atom. The van der Waals surface area contributed by atoms with Gasteiger partial charge in [-0.05, 0) is 136 Å². The van der Waals surface area contributed by atoms with Crippen LogP contribution in [-0.2, 0) is 23.9 Å². The lowest BCUT2D eigenvalue weighted by atomic mass is 9.49. The monoisotopic (exact) mass is 520 g/mol. The molecular formula is C31H52O6. The van der Waals surface area contributed by atoms with Gasteiger partial charge in [-0.15, -0.1) is 0 Å². The van der Waals surface area contributed by atoms with Gasteiger partial charge in [-0.3, -0.25) is 14.4 Å². The third-order valence-electron chi connectivity index (χ3n) is 10.2. The van der Waals surface area contributed by atoms with Crippen LogP contribution < -0.4 is 0 Å². The number of rotatable bonds is 11. The second kappa shape index (κ2) is 10.2. The zero-order valence-electron chi connectivity index (χ0n) is 24.9. The number of aliphatic carboxylic acids is 1. The van der Waals surface area contributed by atoms with Crippen LogP contribution >= 0.6 is 0 Å². The lowest BCUT2D eigenvalue weighted by Gasteiger charge is -2.60. The Hall–Kier alpha value is -1.59. The van der Waals surface area contributed by atoms with Crippen LogP contribution in [0.15, 0.2) is 0 Å². The average Bonchev–Trinajstić information content (AvgIpc) is 2.77. The molecule has 0 radical (unpaired) electrons. The summed E-state index contributed by atoms with van der Waals surface area (Å²) in [4.78, 5) is 39.3. The maximum Gasteiger partial charge on any atom is 0.312 e. The maximum atomic E-state index is 13.9. The van der Waals surface area contributed by atoms with Gasteiger partial charge in [0.1, 0.15) is 11.2 Å². The van der Waals surface area contributed by atoms with E-state index in [9.17, 15) is 19.5 Å². The Kier molecular flexibility index (Phi) is 8.25. The standard InChI is InChI=1S/C31H52O6/c1-10-29(8,12-13-30(9,19-28(6,7)24(32)33)26(35)36-27(3,4)5)25(34)37-31(11-2)22-15-20-14-21(17-22)18-23(31)16-20/h20-23H,10-19H2,1-9H3,(H,32,33). The summed E-state index contributed by atoms with van der Waals surface area (Å²) in [6.45, 7) is 16.6. The quantitative estimate of drug-likeness (QED) is 0.290. The lowest BCUT2D eigenvalue weighted by molar-refractivity contribution is -0.219. The SMILES string of the molecule is CCC(C)(CCC(C)(CC(C)(C)C(=O)O)C(=O)OC(C)(C)C)C(=O)OC1(CC)C2CC3CC(C2)CC1C3. The first-order chi connectivity index (χ1) is 16.9. The van der Waals surface area contributed by atoms with Crippen LogP contribution in [0.25, 0.3) is 0 Å². The molecule has 0 aromatic rings. The van der Waals surface area contributed by atoms with Crippen molar-refractivity contribution in [3.05, 3.63) is 0 Å². The minimum Gasteiger partial charge on any atom is -0.481 e. The van der Waals surface area contributed by atoms with Crippen molar-refractivity contribution in [2.24, 2.45) is 39.9 Å². The Labute approximate surface area is 224 Å². The highest BCUT2D eigenvalue weighted by Crippen LogP contribution is 2.61. The van der Waals surface area contributed by atoms with Crippen molar-refractivity contribution in [2.45, 2.75) is 138 Å². The number of carbonyl (C=O) groups excluding carboxylic acids is 2. The summed E-state index contributed by atoms with van der Waals surface area (Å²) in [6.07, 6.45) is 8.44. The van der Waals surface area contributed by atoms with E-state index in [4.69, 9.17) is 9.47 Å². The molecule has 0 amide bonds. The molecule has 4 bridgehead atoms. The van der Waals surface area contributed by atoms with Crippen LogP contribution in [-0.4, -0.2) is 34.2 Å². The number of esters is 2. The summed E-state index contributed by atoms with van der Waals surface area (Å²) in [7, 11) is 0. The van der Waals surface area contributed by atoms with E-state index < -0.39 is 33.8 Å².